The van der Waals surface area contributed by atoms with Crippen LogP contribution in [0, 0.1) is 17.0 Å². The van der Waals surface area contributed by atoms with Crippen LogP contribution >= 0.6 is 22.7 Å². The fourth-order valence-electron chi connectivity index (χ4n) is 4.02. The highest BCUT2D eigenvalue weighted by Gasteiger charge is 2.48. The minimum atomic E-state index is -0.921. The van der Waals surface area contributed by atoms with E-state index in [1.165, 1.54) is 41.5 Å². The van der Waals surface area contributed by atoms with Crippen molar-refractivity contribution in [3.8, 4) is 5.75 Å². The molecule has 1 aliphatic heterocycles. The zero-order valence-corrected chi connectivity index (χ0v) is 20.1. The van der Waals surface area contributed by atoms with Crippen molar-refractivity contribution in [3.05, 3.63) is 85.6 Å². The number of nitro groups is 1. The SMILES string of the molecule is COc1ccc(C)cc1/C(O)=C1\C(=O)C(=O)N(c2nc3ccc([N+](=O)[O-])cc3s2)C1c1cccs1. The number of hydrogen-bond acceptors (Lipinski definition) is 9. The summed E-state index contributed by atoms with van der Waals surface area (Å²) >= 11 is 2.40. The van der Waals surface area contributed by atoms with E-state index < -0.39 is 22.7 Å². The van der Waals surface area contributed by atoms with Crippen molar-refractivity contribution in [3.63, 3.8) is 0 Å². The number of aliphatic hydroxyl groups is 1. The number of ketones is 1. The van der Waals surface area contributed by atoms with Crippen LogP contribution in [0.1, 0.15) is 22.0 Å². The van der Waals surface area contributed by atoms with Gasteiger partial charge in [0.15, 0.2) is 5.13 Å². The number of nitrogens with zero attached hydrogens (tertiary/aromatic N) is 3. The lowest BCUT2D eigenvalue weighted by molar-refractivity contribution is -0.384. The van der Waals surface area contributed by atoms with Crippen LogP contribution in [-0.4, -0.2) is 33.8 Å². The van der Waals surface area contributed by atoms with Crippen molar-refractivity contribution in [2.75, 3.05) is 12.0 Å². The predicted octanol–water partition coefficient (Wildman–Crippen LogP) is 5.21. The lowest BCUT2D eigenvalue weighted by Crippen LogP contribution is -2.28. The first-order valence-corrected chi connectivity index (χ1v) is 12.0. The molecule has 1 aliphatic rings. The standard InChI is InChI=1S/C24H17N3O6S2/c1-12-5-8-16(33-2)14(10-12)21(28)19-20(17-4-3-9-34-17)26(23(30)22(19)29)24-25-15-7-6-13(27(31)32)11-18(15)35-24/h3-11,20,28H,1-2H3/b21-19+. The molecule has 1 amide bonds. The molecule has 176 valence electrons. The number of benzene rings is 2. The van der Waals surface area contributed by atoms with Gasteiger partial charge in [0, 0.05) is 17.0 Å². The van der Waals surface area contributed by atoms with Gasteiger partial charge in [-0.05, 0) is 36.6 Å². The van der Waals surface area contributed by atoms with E-state index in [-0.39, 0.29) is 22.2 Å². The van der Waals surface area contributed by atoms with Crippen LogP contribution in [0.4, 0.5) is 10.8 Å². The Morgan fingerprint density at radius 2 is 2.00 bits per heavy atom. The summed E-state index contributed by atoms with van der Waals surface area (Å²) in [6.07, 6.45) is 0. The quantitative estimate of drug-likeness (QED) is 0.129. The van der Waals surface area contributed by atoms with Crippen molar-refractivity contribution in [1.29, 1.82) is 0 Å². The Labute approximate surface area is 206 Å². The molecule has 1 atom stereocenters. The van der Waals surface area contributed by atoms with Crippen LogP contribution in [0.15, 0.2) is 59.5 Å². The number of non-ortho nitro benzene ring substituents is 1. The number of carbonyl (C=O) groups excluding carboxylic acids is 2. The van der Waals surface area contributed by atoms with Gasteiger partial charge in [-0.2, -0.15) is 0 Å². The third kappa shape index (κ3) is 3.74. The molecular weight excluding hydrogens is 490 g/mol. The molecule has 1 unspecified atom stereocenters. The van der Waals surface area contributed by atoms with E-state index in [9.17, 15) is 24.8 Å². The highest BCUT2D eigenvalue weighted by molar-refractivity contribution is 7.22. The summed E-state index contributed by atoms with van der Waals surface area (Å²) in [7, 11) is 1.46. The topological polar surface area (TPSA) is 123 Å². The minimum Gasteiger partial charge on any atom is -0.507 e. The Bertz CT molecular complexity index is 1540. The molecule has 0 radical (unpaired) electrons. The van der Waals surface area contributed by atoms with Gasteiger partial charge in [-0.1, -0.05) is 29.0 Å². The summed E-state index contributed by atoms with van der Waals surface area (Å²) in [6.45, 7) is 1.84. The second-order valence-corrected chi connectivity index (χ2v) is 9.78. The lowest BCUT2D eigenvalue weighted by Gasteiger charge is -2.21. The number of aliphatic hydroxyl groups excluding tert-OH is 1. The van der Waals surface area contributed by atoms with Crippen molar-refractivity contribution in [2.45, 2.75) is 13.0 Å². The minimum absolute atomic E-state index is 0.0772. The molecule has 11 heteroatoms. The van der Waals surface area contributed by atoms with Gasteiger partial charge in [-0.3, -0.25) is 24.6 Å². The Morgan fingerprint density at radius 3 is 2.69 bits per heavy atom. The second kappa shape index (κ2) is 8.60. The predicted molar refractivity (Wildman–Crippen MR) is 133 cm³/mol. The molecule has 1 N–H and O–H groups in total. The number of carbonyl (C=O) groups is 2. The highest BCUT2D eigenvalue weighted by atomic mass is 32.1. The highest BCUT2D eigenvalue weighted by Crippen LogP contribution is 2.46. The van der Waals surface area contributed by atoms with E-state index >= 15 is 0 Å². The number of aromatic nitrogens is 1. The lowest BCUT2D eigenvalue weighted by atomic mass is 9.98. The molecule has 0 spiro atoms. The Kier molecular flexibility index (Phi) is 5.58. The Morgan fingerprint density at radius 1 is 1.20 bits per heavy atom. The molecule has 0 bridgehead atoms. The molecule has 0 aliphatic carbocycles. The molecule has 2 aromatic carbocycles. The molecule has 0 saturated carbocycles. The number of fused-ring (bicyclic) bond motifs is 1. The van der Waals surface area contributed by atoms with E-state index in [0.717, 1.165) is 16.9 Å². The number of ether oxygens (including phenoxy) is 1. The van der Waals surface area contributed by atoms with Crippen LogP contribution in [0.3, 0.4) is 0 Å². The summed E-state index contributed by atoms with van der Waals surface area (Å²) in [5.74, 6) is -1.68. The molecule has 3 heterocycles. The van der Waals surface area contributed by atoms with Crippen LogP contribution in [0.25, 0.3) is 16.0 Å². The monoisotopic (exact) mass is 507 g/mol. The van der Waals surface area contributed by atoms with E-state index in [4.69, 9.17) is 4.74 Å². The van der Waals surface area contributed by atoms with Gasteiger partial charge < -0.3 is 9.84 Å². The van der Waals surface area contributed by atoms with E-state index in [1.807, 2.05) is 18.4 Å². The number of amides is 1. The maximum absolute atomic E-state index is 13.3. The maximum atomic E-state index is 13.3. The molecule has 9 nitrogen and oxygen atoms in total. The van der Waals surface area contributed by atoms with Crippen molar-refractivity contribution in [2.24, 2.45) is 0 Å². The first kappa shape index (κ1) is 22.7. The van der Waals surface area contributed by atoms with Gasteiger partial charge in [-0.25, -0.2) is 4.98 Å². The van der Waals surface area contributed by atoms with Crippen molar-refractivity contribution in [1.82, 2.24) is 4.98 Å². The second-order valence-electron chi connectivity index (χ2n) is 7.79. The third-order valence-electron chi connectivity index (χ3n) is 5.64. The van der Waals surface area contributed by atoms with E-state index in [0.29, 0.717) is 26.4 Å². The smallest absolute Gasteiger partial charge is 0.301 e. The molecule has 5 rings (SSSR count). The number of anilines is 1. The number of nitro benzene ring substituents is 1. The molecule has 1 fully saturated rings. The summed E-state index contributed by atoms with van der Waals surface area (Å²) in [4.78, 5) is 43.6. The van der Waals surface area contributed by atoms with E-state index in [1.54, 1.807) is 24.3 Å². The van der Waals surface area contributed by atoms with Gasteiger partial charge in [0.25, 0.3) is 11.5 Å². The summed E-state index contributed by atoms with van der Waals surface area (Å²) in [5.41, 5.74) is 1.42. The van der Waals surface area contributed by atoms with Crippen LogP contribution in [0.5, 0.6) is 5.75 Å². The fourth-order valence-corrected chi connectivity index (χ4v) is 5.86. The summed E-state index contributed by atoms with van der Waals surface area (Å²) in [5, 5.41) is 24.5. The van der Waals surface area contributed by atoms with Crippen molar-refractivity contribution < 1.29 is 24.4 Å². The van der Waals surface area contributed by atoms with Crippen molar-refractivity contribution >= 4 is 61.2 Å². The summed E-state index contributed by atoms with van der Waals surface area (Å²) < 4.78 is 5.89. The van der Waals surface area contributed by atoms with Crippen LogP contribution in [0.2, 0.25) is 0 Å². The summed E-state index contributed by atoms with van der Waals surface area (Å²) in [6, 6.07) is 12.0. The molecule has 35 heavy (non-hydrogen) atoms. The largest absolute Gasteiger partial charge is 0.507 e. The molecule has 4 aromatic rings. The molecule has 1 saturated heterocycles. The van der Waals surface area contributed by atoms with Gasteiger partial charge in [0.2, 0.25) is 0 Å². The number of thiophene rings is 1. The number of Topliss-reactive ketones (excluding diaryl/α,β-unsaturated/α-hetero) is 1. The van der Waals surface area contributed by atoms with Crippen LogP contribution in [-0.2, 0) is 9.59 Å². The average molecular weight is 508 g/mol. The van der Waals surface area contributed by atoms with Crippen LogP contribution < -0.4 is 9.64 Å². The zero-order valence-electron chi connectivity index (χ0n) is 18.4. The maximum Gasteiger partial charge on any atom is 0.301 e. The third-order valence-corrected chi connectivity index (χ3v) is 7.59. The Hall–Kier alpha value is -4.09. The average Bonchev–Trinajstić information content (AvgIpc) is 3.56. The van der Waals surface area contributed by atoms with E-state index in [2.05, 4.69) is 4.98 Å². The number of rotatable bonds is 5. The van der Waals surface area contributed by atoms with Gasteiger partial charge in [-0.15, -0.1) is 11.3 Å². The zero-order chi connectivity index (χ0) is 24.9. The normalized spacial score (nSPS) is 17.3. The number of methoxy groups -OCH3 is 1. The molecular formula is C24H17N3O6S2. The van der Waals surface area contributed by atoms with Gasteiger partial charge >= 0.3 is 5.91 Å². The first-order valence-electron chi connectivity index (χ1n) is 10.3. The first-order chi connectivity index (χ1) is 16.8. The Balaban J connectivity index is 1.72. The fraction of sp³-hybridized carbons (Fsp3) is 0.125. The molecule has 2 aromatic heterocycles. The number of aryl methyl sites for hydroxylation is 1. The van der Waals surface area contributed by atoms with Gasteiger partial charge in [0.1, 0.15) is 17.6 Å². The number of thiazole rings is 1. The van der Waals surface area contributed by atoms with Gasteiger partial charge in [0.05, 0.1) is 33.4 Å². The number of hydrogen-bond donors (Lipinski definition) is 1.